The second-order valence-corrected chi connectivity index (χ2v) is 7.32. The molecule has 1 fully saturated rings. The first-order valence-electron chi connectivity index (χ1n) is 9.61. The molecular formula is C20H23N7O2. The van der Waals surface area contributed by atoms with Crippen molar-refractivity contribution < 1.29 is 9.59 Å². The number of rotatable bonds is 6. The molecule has 4 heterocycles. The van der Waals surface area contributed by atoms with Crippen molar-refractivity contribution in [1.29, 1.82) is 0 Å². The van der Waals surface area contributed by atoms with E-state index in [1.54, 1.807) is 46.9 Å². The Bertz CT molecular complexity index is 968. The minimum absolute atomic E-state index is 0.0184. The molecule has 2 atom stereocenters. The Kier molecular flexibility index (Phi) is 5.37. The number of carbonyl (C=O) groups excluding carboxylic acids is 2. The molecule has 0 spiro atoms. The van der Waals surface area contributed by atoms with Gasteiger partial charge in [0, 0.05) is 43.8 Å². The van der Waals surface area contributed by atoms with Crippen molar-refractivity contribution in [3.8, 4) is 5.69 Å². The van der Waals surface area contributed by atoms with Gasteiger partial charge in [0.2, 0.25) is 5.91 Å². The predicted octanol–water partition coefficient (Wildman–Crippen LogP) is 1.20. The van der Waals surface area contributed by atoms with Gasteiger partial charge in [-0.15, -0.1) is 0 Å². The van der Waals surface area contributed by atoms with Crippen molar-refractivity contribution in [2.24, 2.45) is 5.92 Å². The third kappa shape index (κ3) is 4.34. The number of pyridine rings is 1. The van der Waals surface area contributed by atoms with E-state index in [2.05, 4.69) is 25.4 Å². The number of aromatic nitrogens is 5. The molecule has 2 N–H and O–H groups in total. The minimum atomic E-state index is -0.0822. The number of hydrogen-bond donors (Lipinski definition) is 2. The Morgan fingerprint density at radius 1 is 1.24 bits per heavy atom. The van der Waals surface area contributed by atoms with Crippen molar-refractivity contribution in [2.75, 3.05) is 13.1 Å². The van der Waals surface area contributed by atoms with E-state index in [1.807, 2.05) is 19.1 Å². The van der Waals surface area contributed by atoms with Gasteiger partial charge >= 0.3 is 0 Å². The summed E-state index contributed by atoms with van der Waals surface area (Å²) in [6, 6.07) is 3.64. The van der Waals surface area contributed by atoms with E-state index in [0.717, 1.165) is 11.4 Å². The maximum atomic E-state index is 12.9. The maximum absolute atomic E-state index is 12.9. The topological polar surface area (TPSA) is 109 Å². The van der Waals surface area contributed by atoms with Crippen LogP contribution in [0.2, 0.25) is 0 Å². The number of aryl methyl sites for hydroxylation is 1. The molecule has 1 aliphatic heterocycles. The zero-order valence-electron chi connectivity index (χ0n) is 16.2. The molecule has 4 rings (SSSR count). The summed E-state index contributed by atoms with van der Waals surface area (Å²) in [4.78, 5) is 37.9. The third-order valence-electron chi connectivity index (χ3n) is 5.16. The fourth-order valence-corrected chi connectivity index (χ4v) is 3.52. The van der Waals surface area contributed by atoms with Gasteiger partial charge in [-0.2, -0.15) is 5.10 Å². The minimum Gasteiger partial charge on any atom is -0.351 e. The van der Waals surface area contributed by atoms with E-state index in [-0.39, 0.29) is 23.8 Å². The van der Waals surface area contributed by atoms with Crippen molar-refractivity contribution >= 4 is 11.8 Å². The number of amides is 2. The highest BCUT2D eigenvalue weighted by Gasteiger charge is 2.34. The molecule has 9 nitrogen and oxygen atoms in total. The van der Waals surface area contributed by atoms with Crippen molar-refractivity contribution in [2.45, 2.75) is 25.8 Å². The normalized spacial score (nSPS) is 18.7. The van der Waals surface area contributed by atoms with Gasteiger partial charge < -0.3 is 15.2 Å². The molecule has 1 saturated heterocycles. The number of nitrogens with one attached hydrogen (secondary N) is 2. The SMILES string of the molecule is CC1CN(C(=O)c2cnn(-c3cccnc3)c2)CC1NC(=O)CCc1cnc[nH]1. The van der Waals surface area contributed by atoms with Crippen LogP contribution in [0.15, 0.2) is 49.4 Å². The summed E-state index contributed by atoms with van der Waals surface area (Å²) in [6.07, 6.45) is 11.0. The quantitative estimate of drug-likeness (QED) is 0.654. The Labute approximate surface area is 168 Å². The number of hydrogen-bond acceptors (Lipinski definition) is 5. The molecule has 3 aromatic heterocycles. The number of carbonyl (C=O) groups is 2. The summed E-state index contributed by atoms with van der Waals surface area (Å²) < 4.78 is 1.63. The number of likely N-dealkylation sites (tertiary alicyclic amines) is 1. The molecule has 2 unspecified atom stereocenters. The molecule has 1 aliphatic rings. The van der Waals surface area contributed by atoms with Gasteiger partial charge in [-0.25, -0.2) is 9.67 Å². The highest BCUT2D eigenvalue weighted by atomic mass is 16.2. The Morgan fingerprint density at radius 3 is 2.90 bits per heavy atom. The van der Waals surface area contributed by atoms with Crippen LogP contribution in [0.25, 0.3) is 5.69 Å². The van der Waals surface area contributed by atoms with Gasteiger partial charge in [-0.05, 0) is 24.5 Å². The third-order valence-corrected chi connectivity index (χ3v) is 5.16. The van der Waals surface area contributed by atoms with Crippen LogP contribution < -0.4 is 5.32 Å². The van der Waals surface area contributed by atoms with Crippen LogP contribution in [0.3, 0.4) is 0 Å². The molecular weight excluding hydrogens is 370 g/mol. The second kappa shape index (κ2) is 8.26. The van der Waals surface area contributed by atoms with Crippen LogP contribution in [0.1, 0.15) is 29.4 Å². The summed E-state index contributed by atoms with van der Waals surface area (Å²) in [5.74, 6) is 0.0831. The van der Waals surface area contributed by atoms with Crippen molar-refractivity contribution in [3.05, 3.63) is 60.7 Å². The summed E-state index contributed by atoms with van der Waals surface area (Å²) in [7, 11) is 0. The average Bonchev–Trinajstić information content (AvgIpc) is 3.49. The lowest BCUT2D eigenvalue weighted by molar-refractivity contribution is -0.121. The highest BCUT2D eigenvalue weighted by molar-refractivity contribution is 5.94. The average molecular weight is 393 g/mol. The number of nitrogens with zero attached hydrogens (tertiary/aromatic N) is 5. The lowest BCUT2D eigenvalue weighted by atomic mass is 10.1. The maximum Gasteiger partial charge on any atom is 0.257 e. The molecule has 0 radical (unpaired) electrons. The van der Waals surface area contributed by atoms with E-state index in [9.17, 15) is 9.59 Å². The largest absolute Gasteiger partial charge is 0.351 e. The van der Waals surface area contributed by atoms with Gasteiger partial charge in [-0.1, -0.05) is 6.92 Å². The summed E-state index contributed by atoms with van der Waals surface area (Å²) in [6.45, 7) is 3.14. The first kappa shape index (κ1) is 18.9. The molecule has 0 bridgehead atoms. The van der Waals surface area contributed by atoms with Crippen LogP contribution in [-0.4, -0.2) is 60.6 Å². The molecule has 0 aliphatic carbocycles. The van der Waals surface area contributed by atoms with E-state index in [4.69, 9.17) is 0 Å². The first-order chi connectivity index (χ1) is 14.1. The van der Waals surface area contributed by atoms with Crippen molar-refractivity contribution in [3.63, 3.8) is 0 Å². The predicted molar refractivity (Wildman–Crippen MR) is 105 cm³/mol. The fourth-order valence-electron chi connectivity index (χ4n) is 3.52. The molecule has 3 aromatic rings. The Morgan fingerprint density at radius 2 is 2.14 bits per heavy atom. The van der Waals surface area contributed by atoms with Crippen LogP contribution in [0.5, 0.6) is 0 Å². The molecule has 0 aromatic carbocycles. The van der Waals surface area contributed by atoms with Gasteiger partial charge in [0.25, 0.3) is 5.91 Å². The smallest absolute Gasteiger partial charge is 0.257 e. The summed E-state index contributed by atoms with van der Waals surface area (Å²) in [5, 5.41) is 7.33. The lowest BCUT2D eigenvalue weighted by Crippen LogP contribution is -2.40. The molecule has 29 heavy (non-hydrogen) atoms. The van der Waals surface area contributed by atoms with Crippen molar-refractivity contribution in [1.82, 2.24) is 34.9 Å². The number of aromatic amines is 1. The molecule has 150 valence electrons. The highest BCUT2D eigenvalue weighted by Crippen LogP contribution is 2.19. The van der Waals surface area contributed by atoms with Gasteiger partial charge in [0.05, 0.1) is 36.0 Å². The van der Waals surface area contributed by atoms with Gasteiger partial charge in [0.1, 0.15) is 0 Å². The van der Waals surface area contributed by atoms with E-state index < -0.39 is 0 Å². The summed E-state index contributed by atoms with van der Waals surface area (Å²) >= 11 is 0. The second-order valence-electron chi connectivity index (χ2n) is 7.32. The molecule has 2 amide bonds. The van der Waals surface area contributed by atoms with Gasteiger partial charge in [-0.3, -0.25) is 14.6 Å². The Hall–Kier alpha value is -3.49. The van der Waals surface area contributed by atoms with E-state index in [0.29, 0.717) is 31.5 Å². The zero-order chi connectivity index (χ0) is 20.2. The van der Waals surface area contributed by atoms with E-state index in [1.165, 1.54) is 0 Å². The standard InChI is InChI=1S/C20H23N7O2/c1-14-10-26(12-18(14)25-19(28)5-4-16-8-22-13-23-16)20(29)15-7-24-27(11-15)17-3-2-6-21-9-17/h2-3,6-9,11,13-14,18H,4-5,10,12H2,1H3,(H,22,23)(H,25,28). The lowest BCUT2D eigenvalue weighted by Gasteiger charge is -2.17. The van der Waals surface area contributed by atoms with Crippen LogP contribution in [0.4, 0.5) is 0 Å². The Balaban J connectivity index is 1.34. The van der Waals surface area contributed by atoms with Crippen LogP contribution in [0, 0.1) is 5.92 Å². The first-order valence-corrected chi connectivity index (χ1v) is 9.61. The van der Waals surface area contributed by atoms with Gasteiger partial charge in [0.15, 0.2) is 0 Å². The van der Waals surface area contributed by atoms with E-state index >= 15 is 0 Å². The number of imidazole rings is 1. The molecule has 9 heteroatoms. The molecule has 0 saturated carbocycles. The monoisotopic (exact) mass is 393 g/mol. The van der Waals surface area contributed by atoms with Crippen LogP contribution in [-0.2, 0) is 11.2 Å². The number of H-pyrrole nitrogens is 1. The van der Waals surface area contributed by atoms with Crippen LogP contribution >= 0.6 is 0 Å². The summed E-state index contributed by atoms with van der Waals surface area (Å²) in [5.41, 5.74) is 2.25. The zero-order valence-corrected chi connectivity index (χ0v) is 16.2. The fraction of sp³-hybridized carbons (Fsp3) is 0.350.